The van der Waals surface area contributed by atoms with E-state index in [1.165, 1.54) is 0 Å². The van der Waals surface area contributed by atoms with Crippen molar-refractivity contribution in [1.29, 1.82) is 0 Å². The van der Waals surface area contributed by atoms with E-state index in [0.29, 0.717) is 17.5 Å². The molecule has 0 aromatic heterocycles. The van der Waals surface area contributed by atoms with Crippen molar-refractivity contribution >= 4 is 15.9 Å². The quantitative estimate of drug-likeness (QED) is 0.902. The molecule has 2 rings (SSSR count). The average molecular weight is 309 g/mol. The fraction of sp³-hybridized carbons (Fsp3) is 0.200. The molecule has 0 aliphatic carbocycles. The molecule has 2 aromatic carbocycles. The standard InChI is InChI=1S/C15H14BrFO/c1-10-4-2-7-13(15(10)17)14(18)9-11-5-3-6-12(16)8-11/h2-8,14,18H,9H2,1H3. The highest BCUT2D eigenvalue weighted by Crippen LogP contribution is 2.24. The molecule has 0 radical (unpaired) electrons. The van der Waals surface area contributed by atoms with Crippen LogP contribution in [0.2, 0.25) is 0 Å². The first-order chi connectivity index (χ1) is 8.58. The lowest BCUT2D eigenvalue weighted by atomic mass is 9.99. The SMILES string of the molecule is Cc1cccc(C(O)Cc2cccc(Br)c2)c1F. The lowest BCUT2D eigenvalue weighted by Gasteiger charge is -2.13. The Morgan fingerprint density at radius 1 is 1.22 bits per heavy atom. The van der Waals surface area contributed by atoms with E-state index in [1.807, 2.05) is 24.3 Å². The molecule has 2 aromatic rings. The molecule has 1 N–H and O–H groups in total. The van der Waals surface area contributed by atoms with Gasteiger partial charge in [0, 0.05) is 16.5 Å². The fourth-order valence-corrected chi connectivity index (χ4v) is 2.37. The van der Waals surface area contributed by atoms with Crippen LogP contribution >= 0.6 is 15.9 Å². The van der Waals surface area contributed by atoms with Crippen LogP contribution in [-0.2, 0) is 6.42 Å². The number of aliphatic hydroxyl groups excluding tert-OH is 1. The zero-order chi connectivity index (χ0) is 13.1. The molecular weight excluding hydrogens is 295 g/mol. The van der Waals surface area contributed by atoms with Gasteiger partial charge >= 0.3 is 0 Å². The van der Waals surface area contributed by atoms with Crippen LogP contribution in [-0.4, -0.2) is 5.11 Å². The summed E-state index contributed by atoms with van der Waals surface area (Å²) in [5, 5.41) is 10.1. The summed E-state index contributed by atoms with van der Waals surface area (Å²) in [4.78, 5) is 0. The van der Waals surface area contributed by atoms with E-state index in [-0.39, 0.29) is 5.82 Å². The zero-order valence-electron chi connectivity index (χ0n) is 10.0. The molecule has 18 heavy (non-hydrogen) atoms. The minimum Gasteiger partial charge on any atom is -0.388 e. The topological polar surface area (TPSA) is 20.2 Å². The van der Waals surface area contributed by atoms with Crippen LogP contribution in [0.4, 0.5) is 4.39 Å². The number of rotatable bonds is 3. The predicted molar refractivity (Wildman–Crippen MR) is 73.9 cm³/mol. The van der Waals surface area contributed by atoms with Gasteiger partial charge in [-0.05, 0) is 30.2 Å². The molecular formula is C15H14BrFO. The van der Waals surface area contributed by atoms with Gasteiger partial charge < -0.3 is 5.11 Å². The second-order valence-corrected chi connectivity index (χ2v) is 5.24. The maximum atomic E-state index is 13.9. The summed E-state index contributed by atoms with van der Waals surface area (Å²) < 4.78 is 14.8. The summed E-state index contributed by atoms with van der Waals surface area (Å²) in [5.74, 6) is -0.319. The molecule has 1 unspecified atom stereocenters. The first kappa shape index (κ1) is 13.2. The Morgan fingerprint density at radius 2 is 1.94 bits per heavy atom. The largest absolute Gasteiger partial charge is 0.388 e. The molecule has 0 aliphatic rings. The zero-order valence-corrected chi connectivity index (χ0v) is 11.6. The summed E-state index contributed by atoms with van der Waals surface area (Å²) in [6, 6.07) is 12.8. The van der Waals surface area contributed by atoms with E-state index >= 15 is 0 Å². The molecule has 0 heterocycles. The van der Waals surface area contributed by atoms with Gasteiger partial charge in [-0.2, -0.15) is 0 Å². The van der Waals surface area contributed by atoms with Crippen LogP contribution in [0.5, 0.6) is 0 Å². The first-order valence-electron chi connectivity index (χ1n) is 5.75. The molecule has 3 heteroatoms. The van der Waals surface area contributed by atoms with Gasteiger partial charge in [0.1, 0.15) is 5.82 Å². The van der Waals surface area contributed by atoms with E-state index in [4.69, 9.17) is 0 Å². The number of benzene rings is 2. The normalized spacial score (nSPS) is 12.4. The minimum atomic E-state index is -0.820. The third kappa shape index (κ3) is 2.98. The Bertz CT molecular complexity index is 554. The second kappa shape index (κ2) is 5.63. The van der Waals surface area contributed by atoms with Gasteiger partial charge in [-0.1, -0.05) is 46.3 Å². The van der Waals surface area contributed by atoms with Crippen molar-refractivity contribution in [2.75, 3.05) is 0 Å². The van der Waals surface area contributed by atoms with Crippen LogP contribution in [0.25, 0.3) is 0 Å². The Morgan fingerprint density at radius 3 is 2.67 bits per heavy atom. The summed E-state index contributed by atoms with van der Waals surface area (Å²) in [7, 11) is 0. The van der Waals surface area contributed by atoms with Crippen molar-refractivity contribution in [3.05, 3.63) is 69.4 Å². The molecule has 0 fully saturated rings. The lowest BCUT2D eigenvalue weighted by Crippen LogP contribution is -2.05. The van der Waals surface area contributed by atoms with E-state index in [1.54, 1.807) is 25.1 Å². The van der Waals surface area contributed by atoms with Gasteiger partial charge in [-0.15, -0.1) is 0 Å². The average Bonchev–Trinajstić information content (AvgIpc) is 2.32. The molecule has 0 saturated carbocycles. The van der Waals surface area contributed by atoms with Gasteiger partial charge in [0.25, 0.3) is 0 Å². The lowest BCUT2D eigenvalue weighted by molar-refractivity contribution is 0.173. The van der Waals surface area contributed by atoms with Crippen LogP contribution in [0.3, 0.4) is 0 Å². The van der Waals surface area contributed by atoms with Crippen LogP contribution in [0.1, 0.15) is 22.8 Å². The fourth-order valence-electron chi connectivity index (χ4n) is 1.92. The number of aliphatic hydroxyl groups is 1. The number of hydrogen-bond donors (Lipinski definition) is 1. The summed E-state index contributed by atoms with van der Waals surface area (Å²) in [5.41, 5.74) is 1.88. The van der Waals surface area contributed by atoms with Crippen LogP contribution < -0.4 is 0 Å². The van der Waals surface area contributed by atoms with Crippen molar-refractivity contribution in [2.24, 2.45) is 0 Å². The maximum absolute atomic E-state index is 13.9. The molecule has 0 bridgehead atoms. The van der Waals surface area contributed by atoms with Crippen molar-refractivity contribution in [1.82, 2.24) is 0 Å². The maximum Gasteiger partial charge on any atom is 0.131 e. The van der Waals surface area contributed by atoms with Gasteiger partial charge in [-0.3, -0.25) is 0 Å². The molecule has 0 spiro atoms. The van der Waals surface area contributed by atoms with Crippen molar-refractivity contribution in [2.45, 2.75) is 19.4 Å². The molecule has 0 aliphatic heterocycles. The molecule has 0 amide bonds. The van der Waals surface area contributed by atoms with E-state index in [9.17, 15) is 9.50 Å². The van der Waals surface area contributed by atoms with Gasteiger partial charge in [-0.25, -0.2) is 4.39 Å². The molecule has 1 atom stereocenters. The number of hydrogen-bond acceptors (Lipinski definition) is 1. The molecule has 94 valence electrons. The third-order valence-corrected chi connectivity index (χ3v) is 3.39. The van der Waals surface area contributed by atoms with Crippen molar-refractivity contribution in [3.63, 3.8) is 0 Å². The van der Waals surface area contributed by atoms with Gasteiger partial charge in [0.05, 0.1) is 6.10 Å². The highest BCUT2D eigenvalue weighted by atomic mass is 79.9. The Labute approximate surface area is 114 Å². The van der Waals surface area contributed by atoms with Crippen molar-refractivity contribution in [3.8, 4) is 0 Å². The molecule has 1 nitrogen and oxygen atoms in total. The first-order valence-corrected chi connectivity index (χ1v) is 6.55. The summed E-state index contributed by atoms with van der Waals surface area (Å²) >= 11 is 3.38. The van der Waals surface area contributed by atoms with E-state index in [0.717, 1.165) is 10.0 Å². The number of halogens is 2. The Balaban J connectivity index is 2.22. The number of aryl methyl sites for hydroxylation is 1. The second-order valence-electron chi connectivity index (χ2n) is 4.33. The smallest absolute Gasteiger partial charge is 0.131 e. The third-order valence-electron chi connectivity index (χ3n) is 2.90. The highest BCUT2D eigenvalue weighted by molar-refractivity contribution is 9.10. The Kier molecular flexibility index (Phi) is 4.15. The monoisotopic (exact) mass is 308 g/mol. The van der Waals surface area contributed by atoms with Crippen LogP contribution in [0.15, 0.2) is 46.9 Å². The van der Waals surface area contributed by atoms with Gasteiger partial charge in [0.15, 0.2) is 0 Å². The van der Waals surface area contributed by atoms with E-state index in [2.05, 4.69) is 15.9 Å². The van der Waals surface area contributed by atoms with E-state index < -0.39 is 6.10 Å². The summed E-state index contributed by atoms with van der Waals surface area (Å²) in [6.45, 7) is 1.70. The highest BCUT2D eigenvalue weighted by Gasteiger charge is 2.14. The Hall–Kier alpha value is -1.19. The summed E-state index contributed by atoms with van der Waals surface area (Å²) in [6.07, 6.45) is -0.418. The van der Waals surface area contributed by atoms with Crippen molar-refractivity contribution < 1.29 is 9.50 Å². The van der Waals surface area contributed by atoms with Crippen LogP contribution in [0, 0.1) is 12.7 Å². The molecule has 0 saturated heterocycles. The van der Waals surface area contributed by atoms with Gasteiger partial charge in [0.2, 0.25) is 0 Å². The predicted octanol–water partition coefficient (Wildman–Crippen LogP) is 4.17. The minimum absolute atomic E-state index is 0.319.